The molecule has 4 nitrogen and oxygen atoms in total. The van der Waals surface area contributed by atoms with Crippen LogP contribution >= 0.6 is 0 Å². The minimum absolute atomic E-state index is 0.299. The molecule has 150 valence electrons. The smallest absolute Gasteiger partial charge is 0.346 e. The lowest BCUT2D eigenvalue weighted by Gasteiger charge is -2.38. The number of alkyl halides is 6. The molecule has 0 radical (unpaired) electrons. The average molecular weight is 388 g/mol. The second kappa shape index (κ2) is 8.04. The zero-order chi connectivity index (χ0) is 19.5. The van der Waals surface area contributed by atoms with E-state index < -0.39 is 36.3 Å². The van der Waals surface area contributed by atoms with Crippen molar-refractivity contribution in [3.8, 4) is 0 Å². The fraction of sp³-hybridized carbons (Fsp3) is 0.875. The van der Waals surface area contributed by atoms with E-state index >= 15 is 0 Å². The highest BCUT2D eigenvalue weighted by molar-refractivity contribution is 5.82. The van der Waals surface area contributed by atoms with Gasteiger partial charge in [-0.2, -0.15) is 26.3 Å². The monoisotopic (exact) mass is 388 g/mol. The van der Waals surface area contributed by atoms with Crippen LogP contribution in [0.25, 0.3) is 0 Å². The van der Waals surface area contributed by atoms with Gasteiger partial charge < -0.3 is 10.6 Å². The lowest BCUT2D eigenvalue weighted by atomic mass is 9.71. The minimum Gasteiger partial charge on any atom is -0.346 e. The van der Waals surface area contributed by atoms with Crippen molar-refractivity contribution >= 4 is 11.8 Å². The molecule has 10 heteroatoms. The van der Waals surface area contributed by atoms with Crippen molar-refractivity contribution in [2.24, 2.45) is 11.8 Å². The number of amides is 2. The summed E-state index contributed by atoms with van der Waals surface area (Å²) < 4.78 is 73.6. The Labute approximate surface area is 147 Å². The summed E-state index contributed by atoms with van der Waals surface area (Å²) in [6.45, 7) is 0. The van der Waals surface area contributed by atoms with Crippen LogP contribution in [-0.2, 0) is 9.59 Å². The summed E-state index contributed by atoms with van der Waals surface area (Å²) in [5.74, 6) is -3.23. The molecule has 26 heavy (non-hydrogen) atoms. The maximum absolute atomic E-state index is 12.3. The predicted molar refractivity (Wildman–Crippen MR) is 79.9 cm³/mol. The quantitative estimate of drug-likeness (QED) is 0.728. The first-order valence-corrected chi connectivity index (χ1v) is 8.72. The van der Waals surface area contributed by atoms with E-state index in [2.05, 4.69) is 0 Å². The number of rotatable bonds is 3. The third kappa shape index (κ3) is 5.77. The molecule has 0 aromatic heterocycles. The molecule has 0 unspecified atom stereocenters. The van der Waals surface area contributed by atoms with E-state index in [4.69, 9.17) is 0 Å². The molecule has 2 saturated carbocycles. The molecule has 0 atom stereocenters. The Kier molecular flexibility index (Phi) is 6.44. The summed E-state index contributed by atoms with van der Waals surface area (Å²) in [6, 6.07) is -0.967. The highest BCUT2D eigenvalue weighted by Gasteiger charge is 2.42. The van der Waals surface area contributed by atoms with Crippen LogP contribution in [0.15, 0.2) is 0 Å². The third-order valence-corrected chi connectivity index (χ3v) is 5.40. The SMILES string of the molecule is O=C(NC1CCC(C2CCC(NC(=O)C(F)(F)F)CC2)CC1)C(F)(F)F. The third-order valence-electron chi connectivity index (χ3n) is 5.40. The van der Waals surface area contributed by atoms with E-state index in [0.29, 0.717) is 63.2 Å². The lowest BCUT2D eigenvalue weighted by molar-refractivity contribution is -0.174. The van der Waals surface area contributed by atoms with E-state index in [1.165, 1.54) is 0 Å². The van der Waals surface area contributed by atoms with Gasteiger partial charge in [0.1, 0.15) is 0 Å². The predicted octanol–water partition coefficient (Wildman–Crippen LogP) is 3.46. The van der Waals surface area contributed by atoms with E-state index in [9.17, 15) is 35.9 Å². The van der Waals surface area contributed by atoms with Crippen LogP contribution in [0.1, 0.15) is 51.4 Å². The molecule has 2 amide bonds. The normalized spacial score (nSPS) is 30.5. The van der Waals surface area contributed by atoms with Gasteiger partial charge >= 0.3 is 24.2 Å². The highest BCUT2D eigenvalue weighted by atomic mass is 19.4. The van der Waals surface area contributed by atoms with Crippen LogP contribution in [0.2, 0.25) is 0 Å². The largest absolute Gasteiger partial charge is 0.471 e. The number of hydrogen-bond donors (Lipinski definition) is 2. The number of carbonyl (C=O) groups is 2. The summed E-state index contributed by atoms with van der Waals surface area (Å²) >= 11 is 0. The van der Waals surface area contributed by atoms with Crippen molar-refractivity contribution < 1.29 is 35.9 Å². The average Bonchev–Trinajstić information content (AvgIpc) is 2.54. The van der Waals surface area contributed by atoms with Crippen molar-refractivity contribution in [2.75, 3.05) is 0 Å². The van der Waals surface area contributed by atoms with Gasteiger partial charge in [-0.15, -0.1) is 0 Å². The zero-order valence-corrected chi connectivity index (χ0v) is 14.1. The van der Waals surface area contributed by atoms with Crippen LogP contribution in [-0.4, -0.2) is 36.3 Å². The summed E-state index contributed by atoms with van der Waals surface area (Å²) in [4.78, 5) is 21.9. The Morgan fingerprint density at radius 2 is 0.846 bits per heavy atom. The second-order valence-electron chi connectivity index (χ2n) is 7.17. The molecule has 2 rings (SSSR count). The van der Waals surface area contributed by atoms with Crippen molar-refractivity contribution in [1.82, 2.24) is 10.6 Å². The minimum atomic E-state index is -4.88. The number of halogens is 6. The van der Waals surface area contributed by atoms with E-state index in [-0.39, 0.29) is 0 Å². The van der Waals surface area contributed by atoms with Crippen LogP contribution in [0.5, 0.6) is 0 Å². The van der Waals surface area contributed by atoms with E-state index in [1.54, 1.807) is 0 Å². The Hall–Kier alpha value is -1.48. The number of nitrogens with one attached hydrogen (secondary N) is 2. The molecular formula is C16H22F6N2O2. The molecule has 2 aliphatic carbocycles. The van der Waals surface area contributed by atoms with Crippen molar-refractivity contribution in [1.29, 1.82) is 0 Å². The van der Waals surface area contributed by atoms with Crippen LogP contribution < -0.4 is 10.6 Å². The van der Waals surface area contributed by atoms with E-state index in [1.807, 2.05) is 10.6 Å². The molecule has 0 saturated heterocycles. The summed E-state index contributed by atoms with van der Waals surface area (Å²) in [5, 5.41) is 4.01. The van der Waals surface area contributed by atoms with Gasteiger partial charge in [0, 0.05) is 12.1 Å². The maximum atomic E-state index is 12.3. The molecule has 0 aromatic carbocycles. The van der Waals surface area contributed by atoms with Crippen LogP contribution in [0.3, 0.4) is 0 Å². The first-order valence-electron chi connectivity index (χ1n) is 8.72. The van der Waals surface area contributed by atoms with Gasteiger partial charge in [-0.3, -0.25) is 9.59 Å². The van der Waals surface area contributed by atoms with Gasteiger partial charge in [0.2, 0.25) is 0 Å². The van der Waals surface area contributed by atoms with Gasteiger partial charge in [0.15, 0.2) is 0 Å². The summed E-state index contributed by atoms with van der Waals surface area (Å²) in [5.41, 5.74) is 0. The van der Waals surface area contributed by atoms with Crippen LogP contribution in [0.4, 0.5) is 26.3 Å². The van der Waals surface area contributed by atoms with Crippen LogP contribution in [0, 0.1) is 11.8 Å². The van der Waals surface area contributed by atoms with Gasteiger partial charge in [-0.05, 0) is 63.2 Å². The van der Waals surface area contributed by atoms with Gasteiger partial charge in [-0.1, -0.05) is 0 Å². The Morgan fingerprint density at radius 3 is 1.08 bits per heavy atom. The van der Waals surface area contributed by atoms with Gasteiger partial charge in [0.25, 0.3) is 0 Å². The molecular weight excluding hydrogens is 366 g/mol. The van der Waals surface area contributed by atoms with Crippen molar-refractivity contribution in [3.63, 3.8) is 0 Å². The number of hydrogen-bond acceptors (Lipinski definition) is 2. The lowest BCUT2D eigenvalue weighted by Crippen LogP contribution is -2.46. The van der Waals surface area contributed by atoms with Crippen molar-refractivity contribution in [2.45, 2.75) is 75.8 Å². The fourth-order valence-electron chi connectivity index (χ4n) is 4.00. The second-order valence-corrected chi connectivity index (χ2v) is 7.17. The zero-order valence-electron chi connectivity index (χ0n) is 14.1. The standard InChI is InChI=1S/C16H22F6N2O2/c17-15(18,19)13(25)23-11-5-1-9(2-6-11)10-3-7-12(8-4-10)24-14(26)16(20,21)22/h9-12H,1-8H2,(H,23,25)(H,24,26). The first-order chi connectivity index (χ1) is 12.0. The maximum Gasteiger partial charge on any atom is 0.471 e. The Balaban J connectivity index is 1.71. The van der Waals surface area contributed by atoms with Gasteiger partial charge in [-0.25, -0.2) is 0 Å². The molecule has 0 aliphatic heterocycles. The molecule has 2 aliphatic rings. The molecule has 0 aromatic rings. The van der Waals surface area contributed by atoms with Gasteiger partial charge in [0.05, 0.1) is 0 Å². The topological polar surface area (TPSA) is 58.2 Å². The highest BCUT2D eigenvalue weighted by Crippen LogP contribution is 2.38. The number of carbonyl (C=O) groups excluding carboxylic acids is 2. The Morgan fingerprint density at radius 1 is 0.577 bits per heavy atom. The molecule has 2 fully saturated rings. The fourth-order valence-corrected chi connectivity index (χ4v) is 4.00. The molecule has 0 spiro atoms. The van der Waals surface area contributed by atoms with Crippen molar-refractivity contribution in [3.05, 3.63) is 0 Å². The first kappa shape index (κ1) is 20.8. The molecule has 0 heterocycles. The summed E-state index contributed by atoms with van der Waals surface area (Å²) in [7, 11) is 0. The Bertz CT molecular complexity index is 458. The molecule has 0 bridgehead atoms. The summed E-state index contributed by atoms with van der Waals surface area (Å²) in [6.07, 6.45) is -5.13. The van der Waals surface area contributed by atoms with E-state index in [0.717, 1.165) is 0 Å². The molecule has 2 N–H and O–H groups in total.